The molecule has 4 aliphatic rings. The topological polar surface area (TPSA) is 52.3 Å². The summed E-state index contributed by atoms with van der Waals surface area (Å²) in [5.74, 6) is 2.98. The van der Waals surface area contributed by atoms with Crippen LogP contribution in [0.15, 0.2) is 0 Å². The molecule has 1 atom stereocenters. The molecule has 0 spiro atoms. The minimum atomic E-state index is -0.418. The zero-order valence-electron chi connectivity index (χ0n) is 14.9. The van der Waals surface area contributed by atoms with Crippen LogP contribution >= 0.6 is 0 Å². The first-order chi connectivity index (χ1) is 11.1. The van der Waals surface area contributed by atoms with Gasteiger partial charge in [0.2, 0.25) is 0 Å². The van der Waals surface area contributed by atoms with Crippen LogP contribution in [-0.4, -0.2) is 18.6 Å². The van der Waals surface area contributed by atoms with Crippen molar-refractivity contribution in [3.05, 3.63) is 0 Å². The van der Waals surface area contributed by atoms with Crippen molar-refractivity contribution in [1.29, 1.82) is 0 Å². The summed E-state index contributed by atoms with van der Waals surface area (Å²) in [5.41, 5.74) is 6.58. The van der Waals surface area contributed by atoms with Gasteiger partial charge in [-0.15, -0.1) is 0 Å². The third-order valence-corrected chi connectivity index (χ3v) is 6.73. The van der Waals surface area contributed by atoms with Crippen LogP contribution < -0.4 is 5.73 Å². The van der Waals surface area contributed by atoms with Crippen LogP contribution in [0.3, 0.4) is 0 Å². The van der Waals surface area contributed by atoms with E-state index < -0.39 is 6.04 Å². The number of carbonyl (C=O) groups excluding carboxylic acids is 1. The van der Waals surface area contributed by atoms with Crippen molar-refractivity contribution in [2.75, 3.05) is 6.61 Å². The summed E-state index contributed by atoms with van der Waals surface area (Å²) in [6, 6.07) is -0.418. The van der Waals surface area contributed by atoms with Crippen LogP contribution in [0.4, 0.5) is 0 Å². The van der Waals surface area contributed by atoms with Crippen molar-refractivity contribution >= 4 is 5.97 Å². The predicted molar refractivity (Wildman–Crippen MR) is 92.9 cm³/mol. The first-order valence-corrected chi connectivity index (χ1v) is 10.0. The van der Waals surface area contributed by atoms with E-state index in [-0.39, 0.29) is 5.97 Å². The highest BCUT2D eigenvalue weighted by atomic mass is 16.5. The fraction of sp³-hybridized carbons (Fsp3) is 0.950. The maximum Gasteiger partial charge on any atom is 0.322 e. The second-order valence-corrected chi connectivity index (χ2v) is 8.73. The van der Waals surface area contributed by atoms with Gasteiger partial charge in [0.1, 0.15) is 6.04 Å². The molecule has 132 valence electrons. The lowest BCUT2D eigenvalue weighted by Crippen LogP contribution is -2.45. The van der Waals surface area contributed by atoms with Crippen molar-refractivity contribution in [2.45, 2.75) is 90.0 Å². The van der Waals surface area contributed by atoms with Crippen molar-refractivity contribution in [3.63, 3.8) is 0 Å². The molecule has 4 bridgehead atoms. The van der Waals surface area contributed by atoms with Crippen LogP contribution in [0.2, 0.25) is 0 Å². The Morgan fingerprint density at radius 2 is 1.61 bits per heavy atom. The molecule has 0 radical (unpaired) electrons. The van der Waals surface area contributed by atoms with Crippen molar-refractivity contribution < 1.29 is 9.53 Å². The minimum absolute atomic E-state index is 0.235. The van der Waals surface area contributed by atoms with E-state index in [2.05, 4.69) is 0 Å². The Kier molecular flexibility index (Phi) is 5.66. The van der Waals surface area contributed by atoms with Gasteiger partial charge in [-0.25, -0.2) is 0 Å². The summed E-state index contributed by atoms with van der Waals surface area (Å²) in [6.45, 7) is 2.26. The number of hydrogen-bond donors (Lipinski definition) is 1. The van der Waals surface area contributed by atoms with E-state index in [1.807, 2.05) is 6.92 Å². The van der Waals surface area contributed by atoms with Gasteiger partial charge in [-0.1, -0.05) is 25.7 Å². The molecule has 0 saturated heterocycles. The van der Waals surface area contributed by atoms with Crippen LogP contribution in [0.25, 0.3) is 0 Å². The Bertz CT molecular complexity index is 371. The SMILES string of the molecule is CCOC(=O)C(N)CCCCCCC12CC3CC(CC(C3)C1)C2. The van der Waals surface area contributed by atoms with Gasteiger partial charge in [-0.05, 0) is 81.5 Å². The summed E-state index contributed by atoms with van der Waals surface area (Å²) in [6.07, 6.45) is 16.4. The van der Waals surface area contributed by atoms with Gasteiger partial charge in [0.05, 0.1) is 6.61 Å². The average molecular weight is 322 g/mol. The maximum absolute atomic E-state index is 11.5. The summed E-state index contributed by atoms with van der Waals surface area (Å²) >= 11 is 0. The molecule has 4 fully saturated rings. The third kappa shape index (κ3) is 4.29. The number of hydrogen-bond acceptors (Lipinski definition) is 3. The molecular weight excluding hydrogens is 286 g/mol. The number of nitrogens with two attached hydrogens (primary N) is 1. The molecule has 2 N–H and O–H groups in total. The van der Waals surface area contributed by atoms with Crippen LogP contribution in [0, 0.1) is 23.2 Å². The van der Waals surface area contributed by atoms with E-state index in [4.69, 9.17) is 10.5 Å². The number of carbonyl (C=O) groups is 1. The fourth-order valence-corrected chi connectivity index (χ4v) is 6.18. The predicted octanol–water partition coefficient (Wildman–Crippen LogP) is 4.43. The Labute approximate surface area is 141 Å². The molecule has 4 rings (SSSR count). The molecule has 23 heavy (non-hydrogen) atoms. The van der Waals surface area contributed by atoms with E-state index in [0.717, 1.165) is 36.0 Å². The lowest BCUT2D eigenvalue weighted by molar-refractivity contribution is -0.144. The molecule has 0 aromatic carbocycles. The highest BCUT2D eigenvalue weighted by molar-refractivity contribution is 5.75. The quantitative estimate of drug-likeness (QED) is 0.505. The van der Waals surface area contributed by atoms with Gasteiger partial charge in [-0.3, -0.25) is 4.79 Å². The second-order valence-electron chi connectivity index (χ2n) is 8.73. The van der Waals surface area contributed by atoms with E-state index in [1.54, 1.807) is 19.3 Å². The lowest BCUT2D eigenvalue weighted by atomic mass is 9.48. The van der Waals surface area contributed by atoms with Crippen LogP contribution in [0.1, 0.15) is 84.0 Å². The zero-order valence-corrected chi connectivity index (χ0v) is 14.9. The molecule has 3 nitrogen and oxygen atoms in total. The van der Waals surface area contributed by atoms with E-state index in [9.17, 15) is 4.79 Å². The number of rotatable bonds is 9. The normalized spacial score (nSPS) is 36.2. The maximum atomic E-state index is 11.5. The molecule has 4 aliphatic carbocycles. The van der Waals surface area contributed by atoms with Crippen molar-refractivity contribution in [3.8, 4) is 0 Å². The third-order valence-electron chi connectivity index (χ3n) is 6.73. The van der Waals surface area contributed by atoms with E-state index in [0.29, 0.717) is 6.61 Å². The molecule has 0 amide bonds. The second kappa shape index (κ2) is 7.55. The van der Waals surface area contributed by atoms with Crippen molar-refractivity contribution in [1.82, 2.24) is 0 Å². The summed E-state index contributed by atoms with van der Waals surface area (Å²) < 4.78 is 4.96. The Balaban J connectivity index is 1.29. The molecule has 0 aromatic rings. The van der Waals surface area contributed by atoms with Gasteiger partial charge in [0, 0.05) is 0 Å². The van der Waals surface area contributed by atoms with Gasteiger partial charge < -0.3 is 10.5 Å². The lowest BCUT2D eigenvalue weighted by Gasteiger charge is -2.57. The van der Waals surface area contributed by atoms with Crippen LogP contribution in [0.5, 0.6) is 0 Å². The molecular formula is C20H35NO2. The molecule has 4 saturated carbocycles. The van der Waals surface area contributed by atoms with Gasteiger partial charge >= 0.3 is 5.97 Å². The molecule has 0 heterocycles. The fourth-order valence-electron chi connectivity index (χ4n) is 6.18. The summed E-state index contributed by atoms with van der Waals surface area (Å²) in [7, 11) is 0. The number of ether oxygens (including phenoxy) is 1. The molecule has 0 aliphatic heterocycles. The van der Waals surface area contributed by atoms with E-state index >= 15 is 0 Å². The Morgan fingerprint density at radius 3 is 2.17 bits per heavy atom. The van der Waals surface area contributed by atoms with E-state index in [1.165, 1.54) is 44.9 Å². The monoisotopic (exact) mass is 321 g/mol. The molecule has 0 aromatic heterocycles. The summed E-state index contributed by atoms with van der Waals surface area (Å²) in [4.78, 5) is 11.5. The summed E-state index contributed by atoms with van der Waals surface area (Å²) in [5, 5.41) is 0. The van der Waals surface area contributed by atoms with Gasteiger partial charge in [0.15, 0.2) is 0 Å². The molecule has 3 heteroatoms. The van der Waals surface area contributed by atoms with Crippen molar-refractivity contribution in [2.24, 2.45) is 28.9 Å². The Hall–Kier alpha value is -0.570. The smallest absolute Gasteiger partial charge is 0.322 e. The largest absolute Gasteiger partial charge is 0.465 e. The Morgan fingerprint density at radius 1 is 1.04 bits per heavy atom. The van der Waals surface area contributed by atoms with Gasteiger partial charge in [-0.2, -0.15) is 0 Å². The highest BCUT2D eigenvalue weighted by Gasteiger charge is 2.50. The average Bonchev–Trinajstić information content (AvgIpc) is 2.49. The van der Waals surface area contributed by atoms with Crippen LogP contribution in [-0.2, 0) is 9.53 Å². The number of esters is 1. The highest BCUT2D eigenvalue weighted by Crippen LogP contribution is 2.61. The zero-order chi connectivity index (χ0) is 16.3. The first kappa shape index (κ1) is 17.3. The number of unbranched alkanes of at least 4 members (excludes halogenated alkanes) is 3. The van der Waals surface area contributed by atoms with Gasteiger partial charge in [0.25, 0.3) is 0 Å². The first-order valence-electron chi connectivity index (χ1n) is 10.0. The standard InChI is InChI=1S/C20H35NO2/c1-2-23-19(22)18(21)7-5-3-4-6-8-20-12-15-9-16(13-20)11-17(10-15)14-20/h15-18H,2-14,21H2,1H3. The molecule has 1 unspecified atom stereocenters. The minimum Gasteiger partial charge on any atom is -0.465 e.